The first-order chi connectivity index (χ1) is 4.77. The Balaban J connectivity index is 2.17. The summed E-state index contributed by atoms with van der Waals surface area (Å²) in [5, 5.41) is 0. The van der Waals surface area contributed by atoms with E-state index < -0.39 is 12.3 Å². The Labute approximate surface area is 58.4 Å². The van der Waals surface area contributed by atoms with E-state index in [0.717, 1.165) is 12.8 Å². The van der Waals surface area contributed by atoms with E-state index in [4.69, 9.17) is 4.74 Å². The van der Waals surface area contributed by atoms with Crippen molar-refractivity contribution < 1.29 is 13.9 Å². The first-order valence-electron chi connectivity index (χ1n) is 3.59. The molecule has 2 aliphatic rings. The van der Waals surface area contributed by atoms with Gasteiger partial charge in [0.25, 0.3) is 0 Å². The van der Waals surface area contributed by atoms with Gasteiger partial charge < -0.3 is 4.74 Å². The minimum absolute atomic E-state index is 0.0319. The summed E-state index contributed by atoms with van der Waals surface area (Å²) in [6.45, 7) is 0. The number of hydrogen-bond donors (Lipinski definition) is 0. The third kappa shape index (κ3) is 0.770. The lowest BCUT2D eigenvalue weighted by Gasteiger charge is -2.21. The van der Waals surface area contributed by atoms with Crippen LogP contribution in [-0.2, 0) is 9.53 Å². The van der Waals surface area contributed by atoms with Crippen LogP contribution >= 0.6 is 0 Å². The van der Waals surface area contributed by atoms with E-state index in [1.54, 1.807) is 0 Å². The van der Waals surface area contributed by atoms with Crippen molar-refractivity contribution in [2.24, 2.45) is 0 Å². The number of halogens is 1. The molecule has 3 unspecified atom stereocenters. The van der Waals surface area contributed by atoms with Gasteiger partial charge in [0, 0.05) is 6.42 Å². The minimum Gasteiger partial charge on any atom is -0.371 e. The second-order valence-electron chi connectivity index (χ2n) is 2.95. The van der Waals surface area contributed by atoms with Gasteiger partial charge in [-0.2, -0.15) is 0 Å². The molecular weight excluding hydrogens is 135 g/mol. The quantitative estimate of drug-likeness (QED) is 0.503. The van der Waals surface area contributed by atoms with E-state index in [1.165, 1.54) is 0 Å². The molecule has 0 amide bonds. The van der Waals surface area contributed by atoms with Gasteiger partial charge in [0.2, 0.25) is 0 Å². The SMILES string of the molecule is O=C1CC2CCC(O2)C1F. The second-order valence-corrected chi connectivity index (χ2v) is 2.95. The topological polar surface area (TPSA) is 26.3 Å². The number of ketones is 1. The number of rotatable bonds is 0. The third-order valence-corrected chi connectivity index (χ3v) is 2.20. The lowest BCUT2D eigenvalue weighted by atomic mass is 10.1. The standard InChI is InChI=1S/C7H9FO2/c8-7-5(9)3-4-1-2-6(7)10-4/h4,6-7H,1-3H2. The van der Waals surface area contributed by atoms with Crippen molar-refractivity contribution in [3.05, 3.63) is 0 Å². The van der Waals surface area contributed by atoms with Crippen molar-refractivity contribution in [3.8, 4) is 0 Å². The molecule has 0 saturated carbocycles. The highest BCUT2D eigenvalue weighted by molar-refractivity contribution is 5.85. The predicted molar refractivity (Wildman–Crippen MR) is 32.4 cm³/mol. The number of alkyl halides is 1. The fraction of sp³-hybridized carbons (Fsp3) is 0.857. The van der Waals surface area contributed by atoms with E-state index in [0.29, 0.717) is 0 Å². The van der Waals surface area contributed by atoms with Crippen LogP contribution in [0, 0.1) is 0 Å². The summed E-state index contributed by atoms with van der Waals surface area (Å²) in [5.41, 5.74) is 0. The molecule has 2 saturated heterocycles. The van der Waals surface area contributed by atoms with E-state index in [2.05, 4.69) is 0 Å². The third-order valence-electron chi connectivity index (χ3n) is 2.20. The zero-order valence-corrected chi connectivity index (χ0v) is 5.55. The molecule has 0 radical (unpaired) electrons. The van der Waals surface area contributed by atoms with Crippen LogP contribution in [0.1, 0.15) is 19.3 Å². The van der Waals surface area contributed by atoms with Gasteiger partial charge in [0.15, 0.2) is 12.0 Å². The maximum absolute atomic E-state index is 12.8. The highest BCUT2D eigenvalue weighted by Crippen LogP contribution is 2.31. The smallest absolute Gasteiger partial charge is 0.184 e. The van der Waals surface area contributed by atoms with Crippen LogP contribution in [0.2, 0.25) is 0 Å². The van der Waals surface area contributed by atoms with Crippen LogP contribution in [0.25, 0.3) is 0 Å². The molecule has 10 heavy (non-hydrogen) atoms. The van der Waals surface area contributed by atoms with Gasteiger partial charge in [-0.05, 0) is 12.8 Å². The molecule has 3 atom stereocenters. The first-order valence-corrected chi connectivity index (χ1v) is 3.59. The Kier molecular flexibility index (Phi) is 1.27. The molecule has 0 aliphatic carbocycles. The van der Waals surface area contributed by atoms with Crippen LogP contribution < -0.4 is 0 Å². The minimum atomic E-state index is -1.33. The van der Waals surface area contributed by atoms with Crippen molar-refractivity contribution in [2.75, 3.05) is 0 Å². The fourth-order valence-corrected chi connectivity index (χ4v) is 1.64. The van der Waals surface area contributed by atoms with Gasteiger partial charge >= 0.3 is 0 Å². The molecule has 56 valence electrons. The summed E-state index contributed by atoms with van der Waals surface area (Å²) >= 11 is 0. The van der Waals surface area contributed by atoms with Crippen LogP contribution in [0.5, 0.6) is 0 Å². The molecule has 2 rings (SSSR count). The van der Waals surface area contributed by atoms with Gasteiger partial charge in [-0.15, -0.1) is 0 Å². The molecule has 2 nitrogen and oxygen atoms in total. The van der Waals surface area contributed by atoms with Crippen molar-refractivity contribution >= 4 is 5.78 Å². The van der Waals surface area contributed by atoms with Gasteiger partial charge in [-0.1, -0.05) is 0 Å². The van der Waals surface area contributed by atoms with Crippen molar-refractivity contribution in [1.82, 2.24) is 0 Å². The average Bonchev–Trinajstić information content (AvgIpc) is 2.29. The second kappa shape index (κ2) is 2.02. The molecule has 2 aliphatic heterocycles. The average molecular weight is 144 g/mol. The Bertz CT molecular complexity index is 169. The maximum atomic E-state index is 12.8. The molecular formula is C7H9FO2. The van der Waals surface area contributed by atoms with Crippen molar-refractivity contribution in [1.29, 1.82) is 0 Å². The summed E-state index contributed by atoms with van der Waals surface area (Å²) in [6.07, 6.45) is 0.154. The lowest BCUT2D eigenvalue weighted by Crippen LogP contribution is -2.36. The predicted octanol–water partition coefficient (Wildman–Crippen LogP) is 0.845. The van der Waals surface area contributed by atoms with Crippen LogP contribution in [-0.4, -0.2) is 24.2 Å². The molecule has 0 aromatic rings. The van der Waals surface area contributed by atoms with Crippen LogP contribution in [0.3, 0.4) is 0 Å². The van der Waals surface area contributed by atoms with Gasteiger partial charge in [0.05, 0.1) is 12.2 Å². The zero-order chi connectivity index (χ0) is 7.14. The Morgan fingerprint density at radius 3 is 3.10 bits per heavy atom. The summed E-state index contributed by atoms with van der Waals surface area (Å²) in [7, 11) is 0. The monoisotopic (exact) mass is 144 g/mol. The zero-order valence-electron chi connectivity index (χ0n) is 5.55. The molecule has 2 bridgehead atoms. The van der Waals surface area contributed by atoms with Crippen molar-refractivity contribution in [3.63, 3.8) is 0 Å². The van der Waals surface area contributed by atoms with Crippen LogP contribution in [0.15, 0.2) is 0 Å². The van der Waals surface area contributed by atoms with Gasteiger partial charge in [-0.3, -0.25) is 4.79 Å². The summed E-state index contributed by atoms with van der Waals surface area (Å²) in [6, 6.07) is 0. The number of ether oxygens (including phenoxy) is 1. The maximum Gasteiger partial charge on any atom is 0.184 e. The van der Waals surface area contributed by atoms with E-state index in [1.807, 2.05) is 0 Å². The number of carbonyl (C=O) groups is 1. The number of fused-ring (bicyclic) bond motifs is 2. The molecule has 2 heterocycles. The molecule has 2 fully saturated rings. The lowest BCUT2D eigenvalue weighted by molar-refractivity contribution is -0.139. The summed E-state index contributed by atoms with van der Waals surface area (Å²) in [4.78, 5) is 10.8. The van der Waals surface area contributed by atoms with Crippen LogP contribution in [0.4, 0.5) is 4.39 Å². The molecule has 0 N–H and O–H groups in total. The van der Waals surface area contributed by atoms with Gasteiger partial charge in [0.1, 0.15) is 0 Å². The Morgan fingerprint density at radius 2 is 2.30 bits per heavy atom. The Morgan fingerprint density at radius 1 is 1.50 bits per heavy atom. The number of hydrogen-bond acceptors (Lipinski definition) is 2. The first kappa shape index (κ1) is 6.28. The van der Waals surface area contributed by atoms with E-state index >= 15 is 0 Å². The molecule has 0 aromatic heterocycles. The van der Waals surface area contributed by atoms with E-state index in [-0.39, 0.29) is 18.3 Å². The normalized spacial score (nSPS) is 46.1. The van der Waals surface area contributed by atoms with E-state index in [9.17, 15) is 9.18 Å². The molecule has 3 heteroatoms. The van der Waals surface area contributed by atoms with Crippen molar-refractivity contribution in [2.45, 2.75) is 37.6 Å². The summed E-state index contributed by atoms with van der Waals surface area (Å²) in [5.74, 6) is -0.265. The molecule has 0 spiro atoms. The number of carbonyl (C=O) groups excluding carboxylic acids is 1. The summed E-state index contributed by atoms with van der Waals surface area (Å²) < 4.78 is 18.0. The van der Waals surface area contributed by atoms with Gasteiger partial charge in [-0.25, -0.2) is 4.39 Å². The fourth-order valence-electron chi connectivity index (χ4n) is 1.64. The highest BCUT2D eigenvalue weighted by atomic mass is 19.1. The highest BCUT2D eigenvalue weighted by Gasteiger charge is 2.42. The Hall–Kier alpha value is -0.440. The largest absolute Gasteiger partial charge is 0.371 e. The molecule has 0 aromatic carbocycles. The number of Topliss-reactive ketones (excluding diaryl/α,β-unsaturated/α-hetero) is 1.